The zero-order chi connectivity index (χ0) is 12.7. The summed E-state index contributed by atoms with van der Waals surface area (Å²) in [7, 11) is 0. The minimum atomic E-state index is 0.674. The van der Waals surface area contributed by atoms with Gasteiger partial charge in [0.15, 0.2) is 0 Å². The lowest BCUT2D eigenvalue weighted by atomic mass is 10.0. The summed E-state index contributed by atoms with van der Waals surface area (Å²) in [5.41, 5.74) is 6.99. The molecule has 96 valence electrons. The van der Waals surface area contributed by atoms with Gasteiger partial charge in [-0.1, -0.05) is 26.8 Å². The molecule has 0 aromatic carbocycles. The Kier molecular flexibility index (Phi) is 5.98. The van der Waals surface area contributed by atoms with Crippen LogP contribution in [0.25, 0.3) is 0 Å². The fourth-order valence-corrected chi connectivity index (χ4v) is 1.78. The molecule has 0 aliphatic rings. The SMILES string of the molecule is CC(C)CNCC(C)CCc1cccnc1N. The molecule has 3 heteroatoms. The second-order valence-electron chi connectivity index (χ2n) is 5.24. The van der Waals surface area contributed by atoms with Crippen LogP contribution in [0.3, 0.4) is 0 Å². The highest BCUT2D eigenvalue weighted by Crippen LogP contribution is 2.13. The van der Waals surface area contributed by atoms with Crippen molar-refractivity contribution in [1.82, 2.24) is 10.3 Å². The Labute approximate surface area is 105 Å². The van der Waals surface area contributed by atoms with E-state index in [-0.39, 0.29) is 0 Å². The highest BCUT2D eigenvalue weighted by Gasteiger charge is 2.05. The summed E-state index contributed by atoms with van der Waals surface area (Å²) in [5, 5.41) is 3.49. The van der Waals surface area contributed by atoms with Gasteiger partial charge < -0.3 is 11.1 Å². The second kappa shape index (κ2) is 7.28. The van der Waals surface area contributed by atoms with Gasteiger partial charge in [-0.25, -0.2) is 4.98 Å². The van der Waals surface area contributed by atoms with Crippen molar-refractivity contribution in [3.63, 3.8) is 0 Å². The molecule has 1 unspecified atom stereocenters. The molecule has 1 heterocycles. The Bertz CT molecular complexity index is 323. The Morgan fingerprint density at radius 3 is 2.71 bits per heavy atom. The van der Waals surface area contributed by atoms with Gasteiger partial charge in [-0.15, -0.1) is 0 Å². The first-order valence-corrected chi connectivity index (χ1v) is 6.49. The molecule has 0 saturated heterocycles. The average Bonchev–Trinajstić information content (AvgIpc) is 2.27. The first-order valence-electron chi connectivity index (χ1n) is 6.49. The van der Waals surface area contributed by atoms with Crippen LogP contribution in [-0.4, -0.2) is 18.1 Å². The highest BCUT2D eigenvalue weighted by atomic mass is 14.9. The van der Waals surface area contributed by atoms with Crippen LogP contribution in [0.2, 0.25) is 0 Å². The van der Waals surface area contributed by atoms with Crippen LogP contribution < -0.4 is 11.1 Å². The zero-order valence-corrected chi connectivity index (χ0v) is 11.2. The lowest BCUT2D eigenvalue weighted by Crippen LogP contribution is -2.25. The van der Waals surface area contributed by atoms with Gasteiger partial charge in [0.2, 0.25) is 0 Å². The number of nitrogens with one attached hydrogen (secondary N) is 1. The maximum atomic E-state index is 5.82. The third kappa shape index (κ3) is 5.68. The molecule has 1 atom stereocenters. The molecule has 1 aromatic rings. The monoisotopic (exact) mass is 235 g/mol. The van der Waals surface area contributed by atoms with Crippen LogP contribution in [-0.2, 0) is 6.42 Å². The van der Waals surface area contributed by atoms with Gasteiger partial charge in [-0.3, -0.25) is 0 Å². The zero-order valence-electron chi connectivity index (χ0n) is 11.2. The molecule has 0 amide bonds. The van der Waals surface area contributed by atoms with Crippen LogP contribution in [0.5, 0.6) is 0 Å². The van der Waals surface area contributed by atoms with Crippen LogP contribution in [0, 0.1) is 11.8 Å². The van der Waals surface area contributed by atoms with E-state index in [4.69, 9.17) is 5.73 Å². The second-order valence-corrected chi connectivity index (χ2v) is 5.24. The first-order chi connectivity index (χ1) is 8.09. The van der Waals surface area contributed by atoms with Gasteiger partial charge in [-0.05, 0) is 49.4 Å². The summed E-state index contributed by atoms with van der Waals surface area (Å²) in [6.45, 7) is 8.92. The standard InChI is InChI=1S/C14H25N3/c1-11(2)9-16-10-12(3)6-7-13-5-4-8-17-14(13)15/h4-5,8,11-12,16H,6-7,9-10H2,1-3H3,(H2,15,17). The lowest BCUT2D eigenvalue weighted by Gasteiger charge is -2.14. The number of anilines is 1. The van der Waals surface area contributed by atoms with Gasteiger partial charge in [0, 0.05) is 6.20 Å². The van der Waals surface area contributed by atoms with Gasteiger partial charge >= 0.3 is 0 Å². The Hall–Kier alpha value is -1.09. The molecule has 0 saturated carbocycles. The van der Waals surface area contributed by atoms with Crippen molar-refractivity contribution in [2.24, 2.45) is 11.8 Å². The normalized spacial score (nSPS) is 12.9. The summed E-state index contributed by atoms with van der Waals surface area (Å²) in [6.07, 6.45) is 3.91. The Balaban J connectivity index is 2.24. The van der Waals surface area contributed by atoms with Crippen LogP contribution in [0.4, 0.5) is 5.82 Å². The molecule has 1 aromatic heterocycles. The molecular weight excluding hydrogens is 210 g/mol. The van der Waals surface area contributed by atoms with E-state index in [1.165, 1.54) is 5.56 Å². The van der Waals surface area contributed by atoms with E-state index in [0.29, 0.717) is 11.7 Å². The number of aryl methyl sites for hydroxylation is 1. The van der Waals surface area contributed by atoms with Crippen molar-refractivity contribution in [1.29, 1.82) is 0 Å². The predicted octanol–water partition coefficient (Wildman–Crippen LogP) is 2.48. The van der Waals surface area contributed by atoms with Crippen molar-refractivity contribution in [2.75, 3.05) is 18.8 Å². The maximum absolute atomic E-state index is 5.82. The molecule has 0 fully saturated rings. The van der Waals surface area contributed by atoms with Gasteiger partial charge in [-0.2, -0.15) is 0 Å². The molecular formula is C14H25N3. The fourth-order valence-electron chi connectivity index (χ4n) is 1.78. The van der Waals surface area contributed by atoms with Gasteiger partial charge in [0.25, 0.3) is 0 Å². The number of rotatable bonds is 7. The molecule has 0 radical (unpaired) electrons. The van der Waals surface area contributed by atoms with Crippen LogP contribution in [0.1, 0.15) is 32.8 Å². The van der Waals surface area contributed by atoms with E-state index < -0.39 is 0 Å². The van der Waals surface area contributed by atoms with Crippen molar-refractivity contribution >= 4 is 5.82 Å². The van der Waals surface area contributed by atoms with Crippen LogP contribution in [0.15, 0.2) is 18.3 Å². The minimum absolute atomic E-state index is 0.674. The minimum Gasteiger partial charge on any atom is -0.383 e. The summed E-state index contributed by atoms with van der Waals surface area (Å²) in [6, 6.07) is 4.02. The molecule has 17 heavy (non-hydrogen) atoms. The first kappa shape index (κ1) is 14.0. The highest BCUT2D eigenvalue weighted by molar-refractivity contribution is 5.38. The average molecular weight is 235 g/mol. The topological polar surface area (TPSA) is 50.9 Å². The fraction of sp³-hybridized carbons (Fsp3) is 0.643. The number of hydrogen-bond acceptors (Lipinski definition) is 3. The summed E-state index contributed by atoms with van der Waals surface area (Å²) in [5.74, 6) is 2.07. The number of aromatic nitrogens is 1. The quantitative estimate of drug-likeness (QED) is 0.763. The van der Waals surface area contributed by atoms with Gasteiger partial charge in [0.05, 0.1) is 0 Å². The van der Waals surface area contributed by atoms with E-state index in [2.05, 4.69) is 37.1 Å². The third-order valence-electron chi connectivity index (χ3n) is 2.88. The Morgan fingerprint density at radius 2 is 2.06 bits per heavy atom. The smallest absolute Gasteiger partial charge is 0.126 e. The molecule has 1 rings (SSSR count). The summed E-state index contributed by atoms with van der Waals surface area (Å²) in [4.78, 5) is 4.10. The van der Waals surface area contributed by atoms with E-state index in [1.807, 2.05) is 6.07 Å². The van der Waals surface area contributed by atoms with E-state index >= 15 is 0 Å². The predicted molar refractivity (Wildman–Crippen MR) is 73.8 cm³/mol. The molecule has 0 bridgehead atoms. The van der Waals surface area contributed by atoms with Gasteiger partial charge in [0.1, 0.15) is 5.82 Å². The molecule has 0 aliphatic carbocycles. The number of hydrogen-bond donors (Lipinski definition) is 2. The number of pyridine rings is 1. The van der Waals surface area contributed by atoms with Crippen molar-refractivity contribution < 1.29 is 0 Å². The summed E-state index contributed by atoms with van der Waals surface area (Å²) < 4.78 is 0. The van der Waals surface area contributed by atoms with Crippen molar-refractivity contribution in [3.8, 4) is 0 Å². The number of nitrogens with zero attached hydrogens (tertiary/aromatic N) is 1. The van der Waals surface area contributed by atoms with E-state index in [1.54, 1.807) is 6.20 Å². The third-order valence-corrected chi connectivity index (χ3v) is 2.88. The lowest BCUT2D eigenvalue weighted by molar-refractivity contribution is 0.454. The van der Waals surface area contributed by atoms with E-state index in [9.17, 15) is 0 Å². The largest absolute Gasteiger partial charge is 0.383 e. The number of nitrogens with two attached hydrogens (primary N) is 1. The molecule has 0 aliphatic heterocycles. The molecule has 3 N–H and O–H groups in total. The van der Waals surface area contributed by atoms with Crippen molar-refractivity contribution in [3.05, 3.63) is 23.9 Å². The Morgan fingerprint density at radius 1 is 1.29 bits per heavy atom. The molecule has 0 spiro atoms. The maximum Gasteiger partial charge on any atom is 0.126 e. The van der Waals surface area contributed by atoms with Crippen LogP contribution >= 0.6 is 0 Å². The van der Waals surface area contributed by atoms with Crippen molar-refractivity contribution in [2.45, 2.75) is 33.6 Å². The number of nitrogen functional groups attached to an aromatic ring is 1. The molecule has 3 nitrogen and oxygen atoms in total. The van der Waals surface area contributed by atoms with E-state index in [0.717, 1.165) is 31.8 Å². The summed E-state index contributed by atoms with van der Waals surface area (Å²) >= 11 is 0.